The first-order valence-corrected chi connectivity index (χ1v) is 10.8. The van der Waals surface area contributed by atoms with E-state index in [-0.39, 0.29) is 10.6 Å². The van der Waals surface area contributed by atoms with E-state index in [0.717, 1.165) is 4.70 Å². The number of ether oxygens (including phenoxy) is 1. The summed E-state index contributed by atoms with van der Waals surface area (Å²) < 4.78 is 34.6. The summed E-state index contributed by atoms with van der Waals surface area (Å²) in [5.41, 5.74) is 5.64. The summed E-state index contributed by atoms with van der Waals surface area (Å²) >= 11 is 1.21. The number of carbonyl (C=O) groups is 1. The number of hydrogen-bond donors (Lipinski definition) is 2. The molecule has 0 saturated heterocycles. The Morgan fingerprint density at radius 2 is 1.72 bits per heavy atom. The van der Waals surface area contributed by atoms with Crippen LogP contribution >= 0.6 is 11.3 Å². The van der Waals surface area contributed by atoms with Gasteiger partial charge in [-0.25, -0.2) is 8.42 Å². The summed E-state index contributed by atoms with van der Waals surface area (Å²) in [6.45, 7) is 0. The lowest BCUT2D eigenvalue weighted by atomic mass is 10.2. The van der Waals surface area contributed by atoms with Crippen molar-refractivity contribution >= 4 is 43.0 Å². The van der Waals surface area contributed by atoms with E-state index in [0.29, 0.717) is 21.8 Å². The zero-order valence-corrected chi connectivity index (χ0v) is 16.5. The number of nitrogens with one attached hydrogen (secondary N) is 1. The molecular formula is C20H15N3O4S2. The molecule has 2 aromatic heterocycles. The van der Waals surface area contributed by atoms with Gasteiger partial charge in [-0.3, -0.25) is 14.5 Å². The van der Waals surface area contributed by atoms with Crippen LogP contribution in [-0.4, -0.2) is 19.3 Å². The van der Waals surface area contributed by atoms with E-state index >= 15 is 0 Å². The van der Waals surface area contributed by atoms with Crippen molar-refractivity contribution in [1.82, 2.24) is 4.98 Å². The maximum atomic E-state index is 12.7. The molecule has 0 unspecified atom stereocenters. The molecule has 9 heteroatoms. The Balaban J connectivity index is 1.70. The van der Waals surface area contributed by atoms with Crippen molar-refractivity contribution in [2.24, 2.45) is 5.73 Å². The molecule has 2 heterocycles. The second-order valence-corrected chi connectivity index (χ2v) is 8.81. The summed E-state index contributed by atoms with van der Waals surface area (Å²) in [5.74, 6) is 0.152. The van der Waals surface area contributed by atoms with E-state index in [4.69, 9.17) is 10.5 Å². The van der Waals surface area contributed by atoms with E-state index in [9.17, 15) is 13.2 Å². The van der Waals surface area contributed by atoms with Crippen molar-refractivity contribution in [3.8, 4) is 11.5 Å². The molecule has 2 aromatic carbocycles. The average Bonchev–Trinajstić information content (AvgIpc) is 3.16. The minimum Gasteiger partial charge on any atom is -0.453 e. The second-order valence-electron chi connectivity index (χ2n) is 6.04. The lowest BCUT2D eigenvalue weighted by Gasteiger charge is -2.13. The zero-order valence-electron chi connectivity index (χ0n) is 14.9. The fraction of sp³-hybridized carbons (Fsp3) is 0. The molecule has 0 aliphatic carbocycles. The topological polar surface area (TPSA) is 111 Å². The highest BCUT2D eigenvalue weighted by Gasteiger charge is 2.17. The third-order valence-electron chi connectivity index (χ3n) is 4.06. The Labute approximate surface area is 170 Å². The van der Waals surface area contributed by atoms with Crippen LogP contribution in [0.25, 0.3) is 10.1 Å². The van der Waals surface area contributed by atoms with Crippen molar-refractivity contribution < 1.29 is 17.9 Å². The predicted octanol–water partition coefficient (Wildman–Crippen LogP) is 3.99. The number of amides is 1. The first-order valence-electron chi connectivity index (χ1n) is 8.46. The summed E-state index contributed by atoms with van der Waals surface area (Å²) in [7, 11) is -3.78. The summed E-state index contributed by atoms with van der Waals surface area (Å²) in [4.78, 5) is 16.1. The van der Waals surface area contributed by atoms with Gasteiger partial charge in [0.05, 0.1) is 26.4 Å². The maximum absolute atomic E-state index is 12.7. The number of nitrogens with two attached hydrogens (primary N) is 1. The molecule has 0 radical (unpaired) electrons. The van der Waals surface area contributed by atoms with Crippen LogP contribution in [0.5, 0.6) is 11.5 Å². The fourth-order valence-corrected chi connectivity index (χ4v) is 4.69. The molecule has 4 aromatic rings. The van der Waals surface area contributed by atoms with Crippen molar-refractivity contribution in [3.05, 3.63) is 77.9 Å². The first-order chi connectivity index (χ1) is 13.9. The lowest BCUT2D eigenvalue weighted by molar-refractivity contribution is 0.100. The number of sulfonamides is 1. The monoisotopic (exact) mass is 425 g/mol. The van der Waals surface area contributed by atoms with Crippen LogP contribution in [0.15, 0.2) is 78.0 Å². The number of nitrogens with zero attached hydrogens (tertiary/aromatic N) is 1. The smallest absolute Gasteiger partial charge is 0.262 e. The number of para-hydroxylation sites is 2. The van der Waals surface area contributed by atoms with Gasteiger partial charge in [0.2, 0.25) is 0 Å². The van der Waals surface area contributed by atoms with Crippen LogP contribution < -0.4 is 15.2 Å². The largest absolute Gasteiger partial charge is 0.453 e. The Morgan fingerprint density at radius 1 is 1.00 bits per heavy atom. The van der Waals surface area contributed by atoms with Crippen molar-refractivity contribution in [3.63, 3.8) is 0 Å². The molecule has 0 aliphatic rings. The van der Waals surface area contributed by atoms with Gasteiger partial charge in [0.25, 0.3) is 15.9 Å². The van der Waals surface area contributed by atoms with Crippen LogP contribution in [0.2, 0.25) is 0 Å². The molecule has 0 bridgehead atoms. The number of aromatic nitrogens is 1. The van der Waals surface area contributed by atoms with Gasteiger partial charge in [0.15, 0.2) is 11.5 Å². The average molecular weight is 425 g/mol. The molecule has 0 saturated carbocycles. The Bertz CT molecular complexity index is 1300. The van der Waals surface area contributed by atoms with Crippen LogP contribution in [0.3, 0.4) is 0 Å². The highest BCUT2D eigenvalue weighted by molar-refractivity contribution is 7.92. The van der Waals surface area contributed by atoms with Gasteiger partial charge in [0, 0.05) is 11.6 Å². The number of hydrogen-bond acceptors (Lipinski definition) is 6. The number of carbonyl (C=O) groups excluding carboxylic acids is 1. The Kier molecular flexibility index (Phi) is 4.91. The number of thiophene rings is 1. The molecule has 7 nitrogen and oxygen atoms in total. The number of primary amides is 1. The van der Waals surface area contributed by atoms with Gasteiger partial charge in [0.1, 0.15) is 0 Å². The first kappa shape index (κ1) is 18.9. The minimum absolute atomic E-state index is 0.141. The highest BCUT2D eigenvalue weighted by atomic mass is 32.2. The van der Waals surface area contributed by atoms with E-state index in [1.54, 1.807) is 54.7 Å². The predicted molar refractivity (Wildman–Crippen MR) is 112 cm³/mol. The molecule has 0 fully saturated rings. The minimum atomic E-state index is -3.78. The molecule has 146 valence electrons. The summed E-state index contributed by atoms with van der Waals surface area (Å²) in [6, 6.07) is 16.4. The van der Waals surface area contributed by atoms with Gasteiger partial charge in [-0.1, -0.05) is 30.3 Å². The standard InChI is InChI=1S/C20H15N3O4S2/c21-20(24)18-10-14-17(11-22-12-19(14)28-18)27-16-9-5-4-8-15(16)23-29(25,26)13-6-2-1-3-7-13/h1-12,23H,(H2,21,24). The molecular weight excluding hydrogens is 410 g/mol. The van der Waals surface area contributed by atoms with Crippen molar-refractivity contribution in [1.29, 1.82) is 0 Å². The van der Waals surface area contributed by atoms with Crippen molar-refractivity contribution in [2.75, 3.05) is 4.72 Å². The van der Waals surface area contributed by atoms with E-state index in [2.05, 4.69) is 9.71 Å². The van der Waals surface area contributed by atoms with Crippen molar-refractivity contribution in [2.45, 2.75) is 4.90 Å². The SMILES string of the molecule is NC(=O)c1cc2c(Oc3ccccc3NS(=O)(=O)c3ccccc3)cncc2s1. The highest BCUT2D eigenvalue weighted by Crippen LogP contribution is 2.37. The van der Waals surface area contributed by atoms with Crippen LogP contribution in [0.1, 0.15) is 9.67 Å². The summed E-state index contributed by atoms with van der Waals surface area (Å²) in [6.07, 6.45) is 3.12. The number of rotatable bonds is 6. The van der Waals surface area contributed by atoms with Crippen LogP contribution in [-0.2, 0) is 10.0 Å². The van der Waals surface area contributed by atoms with Gasteiger partial charge in [-0.2, -0.15) is 0 Å². The van der Waals surface area contributed by atoms with Gasteiger partial charge in [-0.05, 0) is 30.3 Å². The molecule has 3 N–H and O–H groups in total. The quantitative estimate of drug-likeness (QED) is 0.485. The third kappa shape index (κ3) is 3.91. The van der Waals surface area contributed by atoms with E-state index in [1.165, 1.54) is 29.7 Å². The number of fused-ring (bicyclic) bond motifs is 1. The van der Waals surface area contributed by atoms with Crippen LogP contribution in [0, 0.1) is 0 Å². The molecule has 0 aliphatic heterocycles. The number of benzene rings is 2. The molecule has 29 heavy (non-hydrogen) atoms. The van der Waals surface area contributed by atoms with Gasteiger partial charge < -0.3 is 10.5 Å². The Hall–Kier alpha value is -3.43. The molecule has 1 amide bonds. The normalized spacial score (nSPS) is 11.3. The second kappa shape index (κ2) is 7.53. The fourth-order valence-electron chi connectivity index (χ4n) is 2.70. The summed E-state index contributed by atoms with van der Waals surface area (Å²) in [5, 5.41) is 0.666. The van der Waals surface area contributed by atoms with E-state index < -0.39 is 15.9 Å². The van der Waals surface area contributed by atoms with Crippen LogP contribution in [0.4, 0.5) is 5.69 Å². The third-order valence-corrected chi connectivity index (χ3v) is 6.52. The van der Waals surface area contributed by atoms with Gasteiger partial charge in [-0.15, -0.1) is 11.3 Å². The molecule has 4 rings (SSSR count). The van der Waals surface area contributed by atoms with Gasteiger partial charge >= 0.3 is 0 Å². The number of pyridine rings is 1. The molecule has 0 atom stereocenters. The van der Waals surface area contributed by atoms with E-state index in [1.807, 2.05) is 0 Å². The lowest BCUT2D eigenvalue weighted by Crippen LogP contribution is -2.13. The maximum Gasteiger partial charge on any atom is 0.262 e. The number of anilines is 1. The molecule has 0 spiro atoms. The zero-order chi connectivity index (χ0) is 20.4. The Morgan fingerprint density at radius 3 is 2.48 bits per heavy atom.